The molecule has 170 valence electrons. The van der Waals surface area contributed by atoms with Crippen molar-refractivity contribution in [3.05, 3.63) is 94.0 Å². The summed E-state index contributed by atoms with van der Waals surface area (Å²) in [6.45, 7) is 2.65. The molecule has 1 amide bonds. The summed E-state index contributed by atoms with van der Waals surface area (Å²) in [4.78, 5) is 27.5. The summed E-state index contributed by atoms with van der Waals surface area (Å²) in [6.07, 6.45) is 0. The van der Waals surface area contributed by atoms with Gasteiger partial charge in [0.05, 0.1) is 12.0 Å². The van der Waals surface area contributed by atoms with E-state index in [0.717, 1.165) is 11.3 Å². The van der Waals surface area contributed by atoms with E-state index in [1.807, 2.05) is 36.4 Å². The number of carbonyl (C=O) groups is 1. The maximum Gasteiger partial charge on any atom is 0.271 e. The Hall–Kier alpha value is -4.07. The molecule has 33 heavy (non-hydrogen) atoms. The molecule has 1 aliphatic heterocycles. The highest BCUT2D eigenvalue weighted by Gasteiger charge is 2.24. The number of hydrogen-bond acceptors (Lipinski definition) is 6. The lowest BCUT2D eigenvalue weighted by molar-refractivity contribution is -0.384. The number of amides is 1. The van der Waals surface area contributed by atoms with Gasteiger partial charge in [-0.3, -0.25) is 14.9 Å². The van der Waals surface area contributed by atoms with E-state index < -0.39 is 4.92 Å². The van der Waals surface area contributed by atoms with Crippen LogP contribution in [0.5, 0.6) is 11.5 Å². The van der Waals surface area contributed by atoms with Crippen LogP contribution >= 0.6 is 0 Å². The lowest BCUT2D eigenvalue weighted by Crippen LogP contribution is -2.48. The zero-order valence-corrected chi connectivity index (χ0v) is 18.3. The fourth-order valence-corrected chi connectivity index (χ4v) is 3.81. The molecule has 8 heteroatoms. The highest BCUT2D eigenvalue weighted by atomic mass is 16.6. The van der Waals surface area contributed by atoms with Crippen molar-refractivity contribution < 1.29 is 19.2 Å². The topological polar surface area (TPSA) is 85.2 Å². The Morgan fingerprint density at radius 3 is 2.39 bits per heavy atom. The average molecular weight is 447 g/mol. The second-order valence-electron chi connectivity index (χ2n) is 7.70. The number of nitro benzene ring substituents is 1. The molecule has 0 aromatic heterocycles. The third-order valence-corrected chi connectivity index (χ3v) is 5.62. The summed E-state index contributed by atoms with van der Waals surface area (Å²) in [6, 6.07) is 21.6. The van der Waals surface area contributed by atoms with E-state index in [1.165, 1.54) is 6.07 Å². The van der Waals surface area contributed by atoms with E-state index in [2.05, 4.69) is 4.90 Å². The van der Waals surface area contributed by atoms with Crippen molar-refractivity contribution in [3.8, 4) is 11.5 Å². The highest BCUT2D eigenvalue weighted by Crippen LogP contribution is 2.30. The summed E-state index contributed by atoms with van der Waals surface area (Å²) < 4.78 is 11.3. The molecule has 0 unspecified atom stereocenters. The highest BCUT2D eigenvalue weighted by molar-refractivity contribution is 5.95. The Balaban J connectivity index is 1.39. The summed E-state index contributed by atoms with van der Waals surface area (Å²) in [7, 11) is 1.55. The third kappa shape index (κ3) is 5.23. The molecule has 3 aromatic carbocycles. The number of nitro groups is 1. The molecular weight excluding hydrogens is 422 g/mol. The van der Waals surface area contributed by atoms with Crippen molar-refractivity contribution in [2.45, 2.75) is 6.61 Å². The fourth-order valence-electron chi connectivity index (χ4n) is 3.81. The minimum Gasteiger partial charge on any atom is -0.493 e. The molecule has 0 N–H and O–H groups in total. The van der Waals surface area contributed by atoms with Crippen LogP contribution < -0.4 is 14.4 Å². The Bertz CT molecular complexity index is 1130. The Morgan fingerprint density at radius 1 is 0.939 bits per heavy atom. The maximum absolute atomic E-state index is 13.1. The number of methoxy groups -OCH3 is 1. The van der Waals surface area contributed by atoms with Gasteiger partial charge in [-0.05, 0) is 29.8 Å². The smallest absolute Gasteiger partial charge is 0.271 e. The molecule has 1 aliphatic rings. The van der Waals surface area contributed by atoms with Gasteiger partial charge >= 0.3 is 0 Å². The van der Waals surface area contributed by atoms with E-state index in [-0.39, 0.29) is 11.6 Å². The molecule has 1 fully saturated rings. The SMILES string of the molecule is COc1cc(C(=O)N2CCN(c3cccc([N+](=O)[O-])c3)CC2)ccc1OCc1ccccc1. The van der Waals surface area contributed by atoms with Crippen LogP contribution in [0.25, 0.3) is 0 Å². The van der Waals surface area contributed by atoms with Crippen molar-refractivity contribution in [1.82, 2.24) is 4.90 Å². The minimum absolute atomic E-state index is 0.0627. The number of rotatable bonds is 7. The molecule has 0 atom stereocenters. The summed E-state index contributed by atoms with van der Waals surface area (Å²) in [5.74, 6) is 1.00. The van der Waals surface area contributed by atoms with Gasteiger partial charge in [0.1, 0.15) is 6.61 Å². The first kappa shape index (κ1) is 22.1. The monoisotopic (exact) mass is 447 g/mol. The zero-order chi connectivity index (χ0) is 23.2. The van der Waals surface area contributed by atoms with Crippen molar-refractivity contribution in [2.75, 3.05) is 38.2 Å². The Kier molecular flexibility index (Phi) is 6.73. The van der Waals surface area contributed by atoms with E-state index in [0.29, 0.717) is 49.8 Å². The molecule has 1 saturated heterocycles. The van der Waals surface area contributed by atoms with Gasteiger partial charge in [0, 0.05) is 49.6 Å². The predicted octanol–water partition coefficient (Wildman–Crippen LogP) is 4.14. The predicted molar refractivity (Wildman–Crippen MR) is 125 cm³/mol. The van der Waals surface area contributed by atoms with E-state index in [9.17, 15) is 14.9 Å². The number of ether oxygens (including phenoxy) is 2. The van der Waals surface area contributed by atoms with Crippen molar-refractivity contribution >= 4 is 17.3 Å². The van der Waals surface area contributed by atoms with Crippen LogP contribution in [0.15, 0.2) is 72.8 Å². The van der Waals surface area contributed by atoms with Gasteiger partial charge in [-0.15, -0.1) is 0 Å². The molecule has 0 aliphatic carbocycles. The third-order valence-electron chi connectivity index (χ3n) is 5.62. The van der Waals surface area contributed by atoms with Crippen LogP contribution in [-0.2, 0) is 6.61 Å². The van der Waals surface area contributed by atoms with Gasteiger partial charge in [0.2, 0.25) is 0 Å². The van der Waals surface area contributed by atoms with Crippen molar-refractivity contribution in [2.24, 2.45) is 0 Å². The number of non-ortho nitro benzene ring substituents is 1. The molecule has 3 aromatic rings. The molecular formula is C25H25N3O5. The van der Waals surface area contributed by atoms with Crippen molar-refractivity contribution in [1.29, 1.82) is 0 Å². The molecule has 8 nitrogen and oxygen atoms in total. The second-order valence-corrected chi connectivity index (χ2v) is 7.70. The molecule has 0 radical (unpaired) electrons. The second kappa shape index (κ2) is 10.0. The zero-order valence-electron chi connectivity index (χ0n) is 18.3. The lowest BCUT2D eigenvalue weighted by atomic mass is 10.1. The van der Waals surface area contributed by atoms with Gasteiger partial charge in [-0.25, -0.2) is 0 Å². The first-order chi connectivity index (χ1) is 16.0. The Labute approximate surface area is 192 Å². The summed E-state index contributed by atoms with van der Waals surface area (Å²) >= 11 is 0. The molecule has 0 bridgehead atoms. The van der Waals surface area contributed by atoms with Gasteiger partial charge in [0.25, 0.3) is 11.6 Å². The lowest BCUT2D eigenvalue weighted by Gasteiger charge is -2.36. The van der Waals surface area contributed by atoms with E-state index in [1.54, 1.807) is 42.3 Å². The van der Waals surface area contributed by atoms with Gasteiger partial charge in [-0.2, -0.15) is 0 Å². The Morgan fingerprint density at radius 2 is 1.70 bits per heavy atom. The largest absolute Gasteiger partial charge is 0.493 e. The number of hydrogen-bond donors (Lipinski definition) is 0. The summed E-state index contributed by atoms with van der Waals surface area (Å²) in [5.41, 5.74) is 2.43. The number of benzene rings is 3. The number of carbonyl (C=O) groups excluding carboxylic acids is 1. The minimum atomic E-state index is -0.399. The van der Waals surface area contributed by atoms with Crippen LogP contribution in [0, 0.1) is 10.1 Å². The molecule has 1 heterocycles. The molecule has 0 saturated carbocycles. The number of piperazine rings is 1. The van der Waals surface area contributed by atoms with Crippen LogP contribution in [0.4, 0.5) is 11.4 Å². The maximum atomic E-state index is 13.1. The fraction of sp³-hybridized carbons (Fsp3) is 0.240. The first-order valence-electron chi connectivity index (χ1n) is 10.7. The summed E-state index contributed by atoms with van der Waals surface area (Å²) in [5, 5.41) is 11.0. The van der Waals surface area contributed by atoms with E-state index >= 15 is 0 Å². The van der Waals surface area contributed by atoms with Crippen LogP contribution in [0.3, 0.4) is 0 Å². The normalized spacial score (nSPS) is 13.5. The quantitative estimate of drug-likeness (QED) is 0.400. The van der Waals surface area contributed by atoms with Crippen LogP contribution in [0.1, 0.15) is 15.9 Å². The average Bonchev–Trinajstić information content (AvgIpc) is 2.87. The first-order valence-corrected chi connectivity index (χ1v) is 10.7. The van der Waals surface area contributed by atoms with Crippen LogP contribution in [0.2, 0.25) is 0 Å². The standard InChI is InChI=1S/C25H25N3O5/c1-32-24-16-20(10-11-23(24)33-18-19-6-3-2-4-7-19)25(29)27-14-12-26(13-15-27)21-8-5-9-22(17-21)28(30)31/h2-11,16-17H,12-15,18H2,1H3. The van der Waals surface area contributed by atoms with Crippen molar-refractivity contribution in [3.63, 3.8) is 0 Å². The van der Waals surface area contributed by atoms with Gasteiger partial charge < -0.3 is 19.3 Å². The number of anilines is 1. The van der Waals surface area contributed by atoms with Gasteiger partial charge in [0.15, 0.2) is 11.5 Å². The van der Waals surface area contributed by atoms with E-state index in [4.69, 9.17) is 9.47 Å². The molecule has 0 spiro atoms. The van der Waals surface area contributed by atoms with Crippen LogP contribution in [-0.4, -0.2) is 49.0 Å². The van der Waals surface area contributed by atoms with Gasteiger partial charge in [-0.1, -0.05) is 36.4 Å². The molecule has 4 rings (SSSR count). The number of nitrogens with zero attached hydrogens (tertiary/aromatic N) is 3.